The van der Waals surface area contributed by atoms with E-state index in [9.17, 15) is 0 Å². The molecule has 0 N–H and O–H groups in total. The number of hydrogen-bond acceptors (Lipinski definition) is 2. The molecule has 4 aromatic rings. The van der Waals surface area contributed by atoms with Gasteiger partial charge in [-0.1, -0.05) is 121 Å². The fourth-order valence-corrected chi connectivity index (χ4v) is 7.01. The molecule has 3 nitrogen and oxygen atoms in total. The molecule has 1 fully saturated rings. The maximum Gasteiger partial charge on any atom is 0.350 e. The topological polar surface area (TPSA) is 9.49 Å². The average molecular weight is 500 g/mol. The Morgan fingerprint density at radius 3 is 1.08 bits per heavy atom. The van der Waals surface area contributed by atoms with Gasteiger partial charge in [0.1, 0.15) is 6.15 Å². The zero-order valence-corrected chi connectivity index (χ0v) is 22.3. The average Bonchev–Trinajstić information content (AvgIpc) is 3.01. The maximum atomic E-state index is 2.59. The van der Waals surface area contributed by atoms with E-state index < -0.39 is 6.15 Å². The van der Waals surface area contributed by atoms with Crippen molar-refractivity contribution in [2.24, 2.45) is 0 Å². The van der Waals surface area contributed by atoms with Crippen LogP contribution < -0.4 is 21.9 Å². The molecule has 0 aromatic heterocycles. The Morgan fingerprint density at radius 1 is 0.421 bits per heavy atom. The van der Waals surface area contributed by atoms with Crippen LogP contribution in [0.4, 0.5) is 0 Å². The molecule has 3 aliphatic heterocycles. The molecule has 0 saturated carbocycles. The van der Waals surface area contributed by atoms with Crippen LogP contribution in [-0.4, -0.2) is 65.7 Å². The first-order valence-electron chi connectivity index (χ1n) is 14.4. The van der Waals surface area contributed by atoms with Gasteiger partial charge in [-0.3, -0.25) is 14.4 Å². The summed E-state index contributed by atoms with van der Waals surface area (Å²) in [5, 5.41) is 0. The standard InChI is InChI=1S/C24H20B.C10H18N3/c1-5-13-21(14-6-1)25(22-15-7-2-8-16-22,23-17-9-3-10-18-23)24-19-11-4-12-20-24;1-4-11-6-2-8-13-9-3-7-12(5-1)10(11)13/h1-20H;1-9H2/q-1;+1. The molecule has 192 valence electrons. The quantitative estimate of drug-likeness (QED) is 0.315. The summed E-state index contributed by atoms with van der Waals surface area (Å²) in [6, 6.07) is 43.5. The molecule has 1 saturated heterocycles. The predicted molar refractivity (Wildman–Crippen MR) is 162 cm³/mol. The number of nitrogens with zero attached hydrogens (tertiary/aromatic N) is 3. The lowest BCUT2D eigenvalue weighted by molar-refractivity contribution is -0.550. The largest absolute Gasteiger partial charge is 0.350 e. The second kappa shape index (κ2) is 11.3. The van der Waals surface area contributed by atoms with Crippen molar-refractivity contribution in [3.05, 3.63) is 121 Å². The van der Waals surface area contributed by atoms with Gasteiger partial charge in [0.05, 0.1) is 39.3 Å². The molecular formula is C34H38BN3. The molecule has 38 heavy (non-hydrogen) atoms. The Balaban J connectivity index is 0.000000169. The van der Waals surface area contributed by atoms with Crippen LogP contribution in [0.1, 0.15) is 19.3 Å². The summed E-state index contributed by atoms with van der Waals surface area (Å²) < 4.78 is 2.59. The van der Waals surface area contributed by atoms with Gasteiger partial charge in [-0.2, -0.15) is 21.9 Å². The molecule has 0 radical (unpaired) electrons. The molecule has 0 aliphatic carbocycles. The highest BCUT2D eigenvalue weighted by molar-refractivity contribution is 7.19. The van der Waals surface area contributed by atoms with E-state index >= 15 is 0 Å². The molecule has 3 heterocycles. The van der Waals surface area contributed by atoms with Crippen molar-refractivity contribution in [3.63, 3.8) is 0 Å². The van der Waals surface area contributed by atoms with Crippen LogP contribution in [0.3, 0.4) is 0 Å². The smallest absolute Gasteiger partial charge is 0.265 e. The second-order valence-electron chi connectivity index (χ2n) is 10.8. The minimum atomic E-state index is -1.22. The molecule has 4 heteroatoms. The Hall–Kier alpha value is -3.79. The lowest BCUT2D eigenvalue weighted by Crippen LogP contribution is -2.74. The Morgan fingerprint density at radius 2 is 0.737 bits per heavy atom. The van der Waals surface area contributed by atoms with E-state index in [0.717, 1.165) is 0 Å². The number of rotatable bonds is 4. The van der Waals surface area contributed by atoms with Crippen molar-refractivity contribution >= 4 is 34.0 Å². The highest BCUT2D eigenvalue weighted by Crippen LogP contribution is 2.17. The number of hydrogen-bond donors (Lipinski definition) is 0. The summed E-state index contributed by atoms with van der Waals surface area (Å²) in [5.74, 6) is 1.56. The van der Waals surface area contributed by atoms with Crippen molar-refractivity contribution in [2.45, 2.75) is 19.3 Å². The minimum absolute atomic E-state index is 1.22. The van der Waals surface area contributed by atoms with Crippen LogP contribution in [0.2, 0.25) is 0 Å². The summed E-state index contributed by atoms with van der Waals surface area (Å²) in [5.41, 5.74) is 5.36. The summed E-state index contributed by atoms with van der Waals surface area (Å²) in [6.45, 7) is 7.76. The van der Waals surface area contributed by atoms with E-state index in [0.29, 0.717) is 0 Å². The zero-order chi connectivity index (χ0) is 25.6. The van der Waals surface area contributed by atoms with Crippen molar-refractivity contribution in [3.8, 4) is 0 Å². The van der Waals surface area contributed by atoms with Crippen molar-refractivity contribution in [2.75, 3.05) is 39.3 Å². The minimum Gasteiger partial charge on any atom is -0.265 e. The highest BCUT2D eigenvalue weighted by Gasteiger charge is 2.37. The van der Waals surface area contributed by atoms with Gasteiger partial charge in [-0.05, 0) is 0 Å². The van der Waals surface area contributed by atoms with Gasteiger partial charge >= 0.3 is 5.96 Å². The van der Waals surface area contributed by atoms with Gasteiger partial charge in [0, 0.05) is 19.3 Å². The first kappa shape index (κ1) is 24.5. The predicted octanol–water partition coefficient (Wildman–Crippen LogP) is 3.23. The first-order valence-corrected chi connectivity index (χ1v) is 14.4. The van der Waals surface area contributed by atoms with Crippen molar-refractivity contribution in [1.82, 2.24) is 9.80 Å². The lowest BCUT2D eigenvalue weighted by atomic mass is 9.13. The first-order chi connectivity index (χ1) is 18.9. The van der Waals surface area contributed by atoms with Crippen molar-refractivity contribution < 1.29 is 4.58 Å². The van der Waals surface area contributed by atoms with E-state index in [1.165, 1.54) is 80.4 Å². The van der Waals surface area contributed by atoms with E-state index in [4.69, 9.17) is 0 Å². The Labute approximate surface area is 228 Å². The van der Waals surface area contributed by atoms with E-state index in [1.54, 1.807) is 5.96 Å². The highest BCUT2D eigenvalue weighted by atomic mass is 15.4. The second-order valence-corrected chi connectivity index (χ2v) is 10.8. The molecule has 7 rings (SSSR count). The van der Waals surface area contributed by atoms with Crippen LogP contribution in [0, 0.1) is 0 Å². The zero-order valence-electron chi connectivity index (χ0n) is 22.3. The Kier molecular flexibility index (Phi) is 7.30. The normalized spacial score (nSPS) is 16.8. The van der Waals surface area contributed by atoms with E-state index in [1.807, 2.05) is 0 Å². The summed E-state index contributed by atoms with van der Waals surface area (Å²) in [4.78, 5) is 5.18. The van der Waals surface area contributed by atoms with Gasteiger partial charge in [-0.25, -0.2) is 0 Å². The number of guanidine groups is 1. The molecule has 0 unspecified atom stereocenters. The monoisotopic (exact) mass is 499 g/mol. The van der Waals surface area contributed by atoms with Crippen molar-refractivity contribution in [1.29, 1.82) is 0 Å². The van der Waals surface area contributed by atoms with E-state index in [-0.39, 0.29) is 0 Å². The fourth-order valence-electron chi connectivity index (χ4n) is 7.01. The maximum absolute atomic E-state index is 2.59. The Bertz CT molecular complexity index is 1150. The summed E-state index contributed by atoms with van der Waals surface area (Å²) in [6.07, 6.45) is 2.86. The number of benzene rings is 4. The van der Waals surface area contributed by atoms with Crippen LogP contribution in [0.15, 0.2) is 121 Å². The SMILES string of the molecule is C1CN2CCC[N+]3=C2N(C1)CCC3.c1ccc([B-](c2ccccc2)(c2ccccc2)c2ccccc2)cc1. The molecule has 4 aromatic carbocycles. The third-order valence-electron chi connectivity index (χ3n) is 8.62. The molecule has 0 atom stereocenters. The van der Waals surface area contributed by atoms with Gasteiger partial charge in [0.15, 0.2) is 0 Å². The van der Waals surface area contributed by atoms with Gasteiger partial charge in [-0.15, -0.1) is 0 Å². The van der Waals surface area contributed by atoms with Crippen LogP contribution in [0.5, 0.6) is 0 Å². The third kappa shape index (κ3) is 4.64. The van der Waals surface area contributed by atoms with Gasteiger partial charge < -0.3 is 0 Å². The molecule has 0 spiro atoms. The molecule has 0 bridgehead atoms. The van der Waals surface area contributed by atoms with Gasteiger partial charge in [0.2, 0.25) is 0 Å². The summed E-state index contributed by atoms with van der Waals surface area (Å²) in [7, 11) is 0. The fraction of sp³-hybridized carbons (Fsp3) is 0.265. The summed E-state index contributed by atoms with van der Waals surface area (Å²) >= 11 is 0. The molecular weight excluding hydrogens is 461 g/mol. The van der Waals surface area contributed by atoms with Crippen LogP contribution in [-0.2, 0) is 0 Å². The third-order valence-corrected chi connectivity index (χ3v) is 8.62. The molecule has 3 aliphatic rings. The lowest BCUT2D eigenvalue weighted by Gasteiger charge is -2.44. The molecule has 0 amide bonds. The van der Waals surface area contributed by atoms with Gasteiger partial charge in [0.25, 0.3) is 0 Å². The van der Waals surface area contributed by atoms with E-state index in [2.05, 4.69) is 136 Å². The van der Waals surface area contributed by atoms with Crippen LogP contribution >= 0.6 is 0 Å². The van der Waals surface area contributed by atoms with Crippen LogP contribution in [0.25, 0.3) is 0 Å².